The van der Waals surface area contributed by atoms with Crippen LogP contribution in [-0.2, 0) is 4.79 Å². The van der Waals surface area contributed by atoms with Crippen LogP contribution in [0, 0.1) is 0 Å². The van der Waals surface area contributed by atoms with E-state index in [4.69, 9.17) is 19.8 Å². The Morgan fingerprint density at radius 2 is 1.12 bits per heavy atom. The van der Waals surface area contributed by atoms with Crippen LogP contribution >= 0.6 is 0 Å². The third kappa shape index (κ3) is 87.3. The largest absolute Gasteiger partial charge is 1.00 e. The molecule has 0 aromatic heterocycles. The van der Waals surface area contributed by atoms with Gasteiger partial charge in [-0.25, -0.2) is 0 Å². The first-order valence-corrected chi connectivity index (χ1v) is 0.901. The van der Waals surface area contributed by atoms with Gasteiger partial charge >= 0.3 is 103 Å². The number of hydrogen-bond donors (Lipinski definition) is 0. The molecule has 0 atom stereocenters. The maximum atomic E-state index is 8.33. The molecule has 0 aliphatic heterocycles. The van der Waals surface area contributed by atoms with Crippen LogP contribution in [0.4, 0.5) is 4.79 Å². The van der Waals surface area contributed by atoms with Crippen molar-refractivity contribution in [1.82, 2.24) is 0 Å². The fourth-order valence-electron chi connectivity index (χ4n) is 0. The third-order valence-corrected chi connectivity index (χ3v) is 0. The Morgan fingerprint density at radius 3 is 1.12 bits per heavy atom. The average Bonchev–Trinajstić information content (AvgIpc) is 1.41. The van der Waals surface area contributed by atoms with Gasteiger partial charge in [0.05, 0.1) is 0 Å². The quantitative estimate of drug-likeness (QED) is 0.336. The van der Waals surface area contributed by atoms with E-state index in [1.54, 1.807) is 0 Å². The van der Waals surface area contributed by atoms with E-state index in [1.165, 1.54) is 0 Å². The summed E-state index contributed by atoms with van der Waals surface area (Å²) in [6.45, 7) is 2.00. The normalized spacial score (nSPS) is 3.50. The van der Waals surface area contributed by atoms with Gasteiger partial charge in [-0.05, 0) is 6.16 Å². The second-order valence-electron chi connectivity index (χ2n) is 0.250. The van der Waals surface area contributed by atoms with Crippen molar-refractivity contribution in [3.05, 3.63) is 0 Å². The Kier molecular flexibility index (Phi) is 64.2. The number of rotatable bonds is 0. The molecule has 4 nitrogen and oxygen atoms in total. The van der Waals surface area contributed by atoms with Gasteiger partial charge in [0.2, 0.25) is 0 Å². The maximum Gasteiger partial charge on any atom is 1.00 e. The second kappa shape index (κ2) is 22.9. The fourth-order valence-corrected chi connectivity index (χ4v) is 0. The van der Waals surface area contributed by atoms with E-state index in [1.807, 2.05) is 6.79 Å². The molecule has 36 valence electrons. The van der Waals surface area contributed by atoms with Crippen LogP contribution in [0.25, 0.3) is 0 Å². The van der Waals surface area contributed by atoms with Crippen LogP contribution in [0.3, 0.4) is 0 Å². The van der Waals surface area contributed by atoms with Crippen LogP contribution in [0.15, 0.2) is 0 Å². The molecular formula is C2H2K2O4. The molecule has 0 saturated heterocycles. The monoisotopic (exact) mass is 168 g/mol. The van der Waals surface area contributed by atoms with E-state index in [0.717, 1.165) is 0 Å². The van der Waals surface area contributed by atoms with Gasteiger partial charge in [0.15, 0.2) is 0 Å². The van der Waals surface area contributed by atoms with Gasteiger partial charge in [0.1, 0.15) is 6.79 Å². The minimum atomic E-state index is -2.33. The topological polar surface area (TPSA) is 80.3 Å². The minimum absolute atomic E-state index is 0. The molecule has 0 saturated carbocycles. The van der Waals surface area contributed by atoms with Crippen molar-refractivity contribution in [3.63, 3.8) is 0 Å². The van der Waals surface area contributed by atoms with Crippen molar-refractivity contribution in [1.29, 1.82) is 0 Å². The standard InChI is InChI=1S/CH2O3.CH2O.2K/c2-1(3)4;1-2;;/h(H2,2,3,4);1H2;;/q;;2*+1/p-2. The SMILES string of the molecule is C=O.O=C([O-])[O-].[K+].[K+]. The van der Waals surface area contributed by atoms with Gasteiger partial charge in [-0.15, -0.1) is 0 Å². The smallest absolute Gasteiger partial charge is 0.652 e. The number of carbonyl (C=O) groups excluding carboxylic acids is 2. The molecule has 0 unspecified atom stereocenters. The van der Waals surface area contributed by atoms with Crippen molar-refractivity contribution in [3.8, 4) is 0 Å². The average molecular weight is 168 g/mol. The van der Waals surface area contributed by atoms with E-state index in [-0.39, 0.29) is 103 Å². The molecular weight excluding hydrogens is 166 g/mol. The predicted octanol–water partition coefficient (Wildman–Crippen LogP) is -8.62. The van der Waals surface area contributed by atoms with Crippen molar-refractivity contribution in [2.24, 2.45) is 0 Å². The molecule has 0 N–H and O–H groups in total. The molecule has 8 heavy (non-hydrogen) atoms. The molecule has 0 bridgehead atoms. The zero-order valence-corrected chi connectivity index (χ0v) is 11.1. The summed E-state index contributed by atoms with van der Waals surface area (Å²) in [6, 6.07) is 0. The zero-order valence-electron chi connectivity index (χ0n) is 4.84. The van der Waals surface area contributed by atoms with Crippen LogP contribution in [0.1, 0.15) is 0 Å². The number of carbonyl (C=O) groups is 2. The Balaban J connectivity index is -0.0000000183. The molecule has 0 aliphatic carbocycles. The molecule has 0 heterocycles. The molecule has 0 rings (SSSR count). The van der Waals surface area contributed by atoms with Crippen LogP contribution in [0.5, 0.6) is 0 Å². The van der Waals surface area contributed by atoms with Crippen LogP contribution in [0.2, 0.25) is 0 Å². The van der Waals surface area contributed by atoms with Gasteiger partial charge < -0.3 is 19.8 Å². The predicted molar refractivity (Wildman–Crippen MR) is 12.5 cm³/mol. The van der Waals surface area contributed by atoms with Crippen molar-refractivity contribution < 1.29 is 123 Å². The first-order valence-electron chi connectivity index (χ1n) is 0.901. The van der Waals surface area contributed by atoms with E-state index in [2.05, 4.69) is 0 Å². The Hall–Kier alpha value is 2.21. The summed E-state index contributed by atoms with van der Waals surface area (Å²) in [5.74, 6) is 0. The van der Waals surface area contributed by atoms with E-state index >= 15 is 0 Å². The van der Waals surface area contributed by atoms with Crippen molar-refractivity contribution >= 4 is 12.9 Å². The first-order chi connectivity index (χ1) is 2.73. The summed E-state index contributed by atoms with van der Waals surface area (Å²) in [6.07, 6.45) is -2.33. The second-order valence-corrected chi connectivity index (χ2v) is 0.250. The van der Waals surface area contributed by atoms with Crippen LogP contribution in [-0.4, -0.2) is 12.9 Å². The Labute approximate surface area is 132 Å². The van der Waals surface area contributed by atoms with Gasteiger partial charge in [-0.3, -0.25) is 0 Å². The van der Waals surface area contributed by atoms with Crippen molar-refractivity contribution in [2.45, 2.75) is 0 Å². The van der Waals surface area contributed by atoms with E-state index in [0.29, 0.717) is 0 Å². The molecule has 0 spiro atoms. The van der Waals surface area contributed by atoms with E-state index in [9.17, 15) is 0 Å². The molecule has 0 radical (unpaired) electrons. The molecule has 6 heteroatoms. The minimum Gasteiger partial charge on any atom is -0.652 e. The molecule has 0 amide bonds. The zero-order chi connectivity index (χ0) is 5.58. The number of hydrogen-bond acceptors (Lipinski definition) is 4. The summed E-state index contributed by atoms with van der Waals surface area (Å²) in [4.78, 5) is 16.3. The summed E-state index contributed by atoms with van der Waals surface area (Å²) in [7, 11) is 0. The summed E-state index contributed by atoms with van der Waals surface area (Å²) in [5.41, 5.74) is 0. The Morgan fingerprint density at radius 1 is 1.12 bits per heavy atom. The number of carboxylic acid groups (broad SMARTS) is 2. The maximum absolute atomic E-state index is 8.33. The first kappa shape index (κ1) is 22.5. The summed E-state index contributed by atoms with van der Waals surface area (Å²) < 4.78 is 0. The Bertz CT molecular complexity index is 43.3. The van der Waals surface area contributed by atoms with Gasteiger partial charge in [0, 0.05) is 0 Å². The summed E-state index contributed by atoms with van der Waals surface area (Å²) in [5, 5.41) is 16.7. The third-order valence-electron chi connectivity index (χ3n) is 0. The summed E-state index contributed by atoms with van der Waals surface area (Å²) >= 11 is 0. The fraction of sp³-hybridized carbons (Fsp3) is 0. The molecule has 0 aromatic carbocycles. The van der Waals surface area contributed by atoms with Gasteiger partial charge in [0.25, 0.3) is 0 Å². The van der Waals surface area contributed by atoms with Crippen LogP contribution < -0.4 is 113 Å². The molecule has 0 fully saturated rings. The molecule has 0 aromatic rings. The van der Waals surface area contributed by atoms with Gasteiger partial charge in [-0.1, -0.05) is 0 Å². The van der Waals surface area contributed by atoms with E-state index < -0.39 is 6.16 Å². The molecule has 0 aliphatic rings. The van der Waals surface area contributed by atoms with Crippen molar-refractivity contribution in [2.75, 3.05) is 0 Å². The van der Waals surface area contributed by atoms with Gasteiger partial charge in [-0.2, -0.15) is 0 Å².